The number of carbonyl (C=O) groups is 1. The average molecular weight is 270 g/mol. The summed E-state index contributed by atoms with van der Waals surface area (Å²) in [5.41, 5.74) is -0.0462. The van der Waals surface area contributed by atoms with Gasteiger partial charge in [0.15, 0.2) is 0 Å². The highest BCUT2D eigenvalue weighted by Crippen LogP contribution is 2.34. The van der Waals surface area contributed by atoms with Crippen molar-refractivity contribution in [3.05, 3.63) is 0 Å². The Hall–Kier alpha value is -0.650. The van der Waals surface area contributed by atoms with Gasteiger partial charge in [-0.05, 0) is 12.8 Å². The van der Waals surface area contributed by atoms with E-state index in [1.165, 1.54) is 0 Å². The van der Waals surface area contributed by atoms with Gasteiger partial charge in [0.2, 0.25) is 5.91 Å². The molecule has 0 aliphatic carbocycles. The van der Waals surface area contributed by atoms with Crippen molar-refractivity contribution in [3.63, 3.8) is 0 Å². The van der Waals surface area contributed by atoms with Gasteiger partial charge < -0.3 is 14.7 Å². The molecule has 0 radical (unpaired) electrons. The second-order valence-electron chi connectivity index (χ2n) is 5.86. The number of carbonyl (C=O) groups excluding carboxylic acids is 1. The topological polar surface area (TPSA) is 53.0 Å². The van der Waals surface area contributed by atoms with E-state index in [0.717, 1.165) is 58.7 Å². The minimum atomic E-state index is -0.0462. The van der Waals surface area contributed by atoms with Crippen molar-refractivity contribution in [2.45, 2.75) is 26.2 Å². The van der Waals surface area contributed by atoms with E-state index in [1.54, 1.807) is 0 Å². The van der Waals surface area contributed by atoms with E-state index in [4.69, 9.17) is 4.74 Å². The molecule has 0 saturated carbocycles. The van der Waals surface area contributed by atoms with Gasteiger partial charge in [-0.2, -0.15) is 0 Å². The van der Waals surface area contributed by atoms with Gasteiger partial charge >= 0.3 is 0 Å². The van der Waals surface area contributed by atoms with Crippen molar-refractivity contribution in [3.8, 4) is 0 Å². The maximum atomic E-state index is 12.3. The van der Waals surface area contributed by atoms with Gasteiger partial charge in [0.25, 0.3) is 0 Å². The summed E-state index contributed by atoms with van der Waals surface area (Å²) in [5, 5.41) is 9.60. The van der Waals surface area contributed by atoms with Gasteiger partial charge in [-0.15, -0.1) is 0 Å². The fraction of sp³-hybridized carbons (Fsp3) is 0.929. The molecule has 2 saturated heterocycles. The molecule has 0 aromatic rings. The minimum absolute atomic E-state index is 0.0462. The molecular formula is C14H26N2O3. The zero-order chi connectivity index (χ0) is 13.7. The van der Waals surface area contributed by atoms with E-state index in [9.17, 15) is 9.90 Å². The van der Waals surface area contributed by atoms with Crippen molar-refractivity contribution in [1.82, 2.24) is 9.80 Å². The molecule has 2 aliphatic heterocycles. The highest BCUT2D eigenvalue weighted by atomic mass is 16.5. The molecule has 2 heterocycles. The smallest absolute Gasteiger partial charge is 0.236 e. The first-order chi connectivity index (χ1) is 9.19. The molecule has 2 aliphatic rings. The summed E-state index contributed by atoms with van der Waals surface area (Å²) in [6.07, 6.45) is 3.00. The van der Waals surface area contributed by atoms with Crippen LogP contribution >= 0.6 is 0 Å². The van der Waals surface area contributed by atoms with Crippen LogP contribution in [-0.2, 0) is 9.53 Å². The molecule has 0 aromatic carbocycles. The number of aliphatic hydroxyl groups excluding tert-OH is 1. The fourth-order valence-corrected chi connectivity index (χ4v) is 3.14. The van der Waals surface area contributed by atoms with Crippen molar-refractivity contribution < 1.29 is 14.6 Å². The van der Waals surface area contributed by atoms with Gasteiger partial charge in [0.1, 0.15) is 0 Å². The quantitative estimate of drug-likeness (QED) is 0.782. The Bertz CT molecular complexity index is 305. The Balaban J connectivity index is 1.83. The fourth-order valence-electron chi connectivity index (χ4n) is 3.14. The zero-order valence-electron chi connectivity index (χ0n) is 11.9. The summed E-state index contributed by atoms with van der Waals surface area (Å²) in [7, 11) is 0. The van der Waals surface area contributed by atoms with Crippen molar-refractivity contribution >= 4 is 5.91 Å². The maximum absolute atomic E-state index is 12.3. The molecule has 2 rings (SSSR count). The summed E-state index contributed by atoms with van der Waals surface area (Å²) in [6, 6.07) is 0. The van der Waals surface area contributed by atoms with Gasteiger partial charge in [-0.3, -0.25) is 9.69 Å². The third kappa shape index (κ3) is 3.68. The van der Waals surface area contributed by atoms with E-state index in [2.05, 4.69) is 11.8 Å². The number of amides is 1. The number of aliphatic hydroxyl groups is 1. The van der Waals surface area contributed by atoms with Crippen LogP contribution in [0.3, 0.4) is 0 Å². The van der Waals surface area contributed by atoms with Gasteiger partial charge in [-0.1, -0.05) is 13.3 Å². The van der Waals surface area contributed by atoms with E-state index < -0.39 is 0 Å². The summed E-state index contributed by atoms with van der Waals surface area (Å²) < 4.78 is 5.29. The predicted octanol–water partition coefficient (Wildman–Crippen LogP) is 0.330. The molecule has 1 amide bonds. The van der Waals surface area contributed by atoms with Gasteiger partial charge in [0.05, 0.1) is 26.4 Å². The number of rotatable bonds is 5. The first-order valence-electron chi connectivity index (χ1n) is 7.38. The van der Waals surface area contributed by atoms with Crippen molar-refractivity contribution in [2.75, 3.05) is 52.5 Å². The van der Waals surface area contributed by atoms with Crippen LogP contribution in [0.1, 0.15) is 26.2 Å². The second kappa shape index (κ2) is 6.68. The second-order valence-corrected chi connectivity index (χ2v) is 5.86. The lowest BCUT2D eigenvalue weighted by Gasteiger charge is -2.29. The summed E-state index contributed by atoms with van der Waals surface area (Å²) >= 11 is 0. The van der Waals surface area contributed by atoms with E-state index in [-0.39, 0.29) is 17.9 Å². The molecule has 5 nitrogen and oxygen atoms in total. The third-order valence-corrected chi connectivity index (χ3v) is 4.37. The molecule has 1 N–H and O–H groups in total. The van der Waals surface area contributed by atoms with Crippen LogP contribution in [0.5, 0.6) is 0 Å². The van der Waals surface area contributed by atoms with Crippen LogP contribution in [0, 0.1) is 5.41 Å². The predicted molar refractivity (Wildman–Crippen MR) is 72.9 cm³/mol. The largest absolute Gasteiger partial charge is 0.396 e. The number of nitrogens with zero attached hydrogens (tertiary/aromatic N) is 2. The Labute approximate surface area is 115 Å². The molecule has 0 bridgehead atoms. The molecule has 19 heavy (non-hydrogen) atoms. The maximum Gasteiger partial charge on any atom is 0.236 e. The van der Waals surface area contributed by atoms with E-state index in [0.29, 0.717) is 6.54 Å². The number of likely N-dealkylation sites (tertiary alicyclic amines) is 1. The van der Waals surface area contributed by atoms with Crippen LogP contribution in [0.25, 0.3) is 0 Å². The lowest BCUT2D eigenvalue weighted by Crippen LogP contribution is -2.44. The Morgan fingerprint density at radius 1 is 1.32 bits per heavy atom. The molecule has 1 unspecified atom stereocenters. The van der Waals surface area contributed by atoms with Crippen molar-refractivity contribution in [1.29, 1.82) is 0 Å². The standard InChI is InChI=1S/C14H26N2O3/c1-2-3-14(12-17)4-5-16(11-14)13(18)10-15-6-8-19-9-7-15/h17H,2-12H2,1H3. The van der Waals surface area contributed by atoms with Crippen LogP contribution in [0.2, 0.25) is 0 Å². The van der Waals surface area contributed by atoms with E-state index in [1.807, 2.05) is 4.90 Å². The molecular weight excluding hydrogens is 244 g/mol. The number of morpholine rings is 1. The Morgan fingerprint density at radius 3 is 2.68 bits per heavy atom. The summed E-state index contributed by atoms with van der Waals surface area (Å²) in [5.74, 6) is 0.202. The Kier molecular flexibility index (Phi) is 5.19. The van der Waals surface area contributed by atoms with Gasteiger partial charge in [0, 0.05) is 31.6 Å². The molecule has 2 fully saturated rings. The SMILES string of the molecule is CCCC1(CO)CCN(C(=O)CN2CCOCC2)C1. The van der Waals surface area contributed by atoms with Crippen molar-refractivity contribution in [2.24, 2.45) is 5.41 Å². The van der Waals surface area contributed by atoms with Crippen LogP contribution in [0.4, 0.5) is 0 Å². The number of ether oxygens (including phenoxy) is 1. The van der Waals surface area contributed by atoms with E-state index >= 15 is 0 Å². The van der Waals surface area contributed by atoms with Crippen LogP contribution < -0.4 is 0 Å². The summed E-state index contributed by atoms with van der Waals surface area (Å²) in [6.45, 7) is 7.49. The molecule has 110 valence electrons. The lowest BCUT2D eigenvalue weighted by atomic mass is 9.83. The molecule has 0 aromatic heterocycles. The highest BCUT2D eigenvalue weighted by molar-refractivity contribution is 5.78. The number of hydrogen-bond donors (Lipinski definition) is 1. The zero-order valence-corrected chi connectivity index (χ0v) is 11.9. The Morgan fingerprint density at radius 2 is 2.05 bits per heavy atom. The number of hydrogen-bond acceptors (Lipinski definition) is 4. The first-order valence-corrected chi connectivity index (χ1v) is 7.38. The minimum Gasteiger partial charge on any atom is -0.396 e. The molecule has 0 spiro atoms. The highest BCUT2D eigenvalue weighted by Gasteiger charge is 2.38. The van der Waals surface area contributed by atoms with Crippen LogP contribution in [-0.4, -0.2) is 73.4 Å². The molecule has 5 heteroatoms. The third-order valence-electron chi connectivity index (χ3n) is 4.37. The van der Waals surface area contributed by atoms with Crippen LogP contribution in [0.15, 0.2) is 0 Å². The molecule has 1 atom stereocenters. The monoisotopic (exact) mass is 270 g/mol. The summed E-state index contributed by atoms with van der Waals surface area (Å²) in [4.78, 5) is 16.4. The normalized spacial score (nSPS) is 28.8. The first kappa shape index (κ1) is 14.8. The lowest BCUT2D eigenvalue weighted by molar-refractivity contribution is -0.132. The average Bonchev–Trinajstić information content (AvgIpc) is 2.85. The van der Waals surface area contributed by atoms with Gasteiger partial charge in [-0.25, -0.2) is 0 Å².